The van der Waals surface area contributed by atoms with Gasteiger partial charge in [0.05, 0.1) is 12.1 Å². The number of likely N-dealkylation sites (tertiary alicyclic amines) is 1. The van der Waals surface area contributed by atoms with Crippen molar-refractivity contribution in [2.45, 2.75) is 38.8 Å². The first-order valence-corrected chi connectivity index (χ1v) is 5.35. The zero-order chi connectivity index (χ0) is 10.9. The van der Waals surface area contributed by atoms with Gasteiger partial charge in [0.2, 0.25) is 5.89 Å². The van der Waals surface area contributed by atoms with Gasteiger partial charge < -0.3 is 9.63 Å². The van der Waals surface area contributed by atoms with Gasteiger partial charge in [0, 0.05) is 19.5 Å². The van der Waals surface area contributed by atoms with Crippen molar-refractivity contribution in [1.29, 1.82) is 0 Å². The van der Waals surface area contributed by atoms with Gasteiger partial charge in [-0.2, -0.15) is 4.98 Å². The van der Waals surface area contributed by atoms with E-state index in [1.807, 2.05) is 6.92 Å². The first-order valence-electron chi connectivity index (χ1n) is 5.35. The molecule has 2 heterocycles. The van der Waals surface area contributed by atoms with Gasteiger partial charge in [-0.1, -0.05) is 12.1 Å². The van der Waals surface area contributed by atoms with Crippen LogP contribution in [0.4, 0.5) is 0 Å². The summed E-state index contributed by atoms with van der Waals surface area (Å²) >= 11 is 0. The third-order valence-corrected chi connectivity index (χ3v) is 2.47. The summed E-state index contributed by atoms with van der Waals surface area (Å²) in [6, 6.07) is 0. The van der Waals surface area contributed by atoms with E-state index >= 15 is 0 Å². The van der Waals surface area contributed by atoms with E-state index in [4.69, 9.17) is 4.52 Å². The second kappa shape index (κ2) is 3.90. The van der Waals surface area contributed by atoms with E-state index in [0.29, 0.717) is 25.5 Å². The van der Waals surface area contributed by atoms with Crippen LogP contribution in [0.5, 0.6) is 0 Å². The van der Waals surface area contributed by atoms with E-state index in [1.54, 1.807) is 0 Å². The van der Waals surface area contributed by atoms with Gasteiger partial charge >= 0.3 is 0 Å². The lowest BCUT2D eigenvalue weighted by molar-refractivity contribution is -0.0901. The maximum Gasteiger partial charge on any atom is 0.240 e. The van der Waals surface area contributed by atoms with Crippen molar-refractivity contribution in [3.63, 3.8) is 0 Å². The Bertz CT molecular complexity index is 327. The predicted octanol–water partition coefficient (Wildman–Crippen LogP) is 0.589. The Kier molecular flexibility index (Phi) is 2.75. The van der Waals surface area contributed by atoms with Crippen molar-refractivity contribution in [3.8, 4) is 0 Å². The third kappa shape index (κ3) is 2.54. The first-order chi connectivity index (χ1) is 7.09. The van der Waals surface area contributed by atoms with Crippen molar-refractivity contribution < 1.29 is 9.63 Å². The van der Waals surface area contributed by atoms with Gasteiger partial charge in [-0.3, -0.25) is 4.90 Å². The monoisotopic (exact) mass is 211 g/mol. The molecule has 5 heteroatoms. The van der Waals surface area contributed by atoms with Gasteiger partial charge in [-0.25, -0.2) is 0 Å². The Labute approximate surface area is 89.1 Å². The number of rotatable bonds is 4. The zero-order valence-electron chi connectivity index (χ0n) is 9.23. The largest absolute Gasteiger partial charge is 0.388 e. The van der Waals surface area contributed by atoms with Gasteiger partial charge in [-0.15, -0.1) is 0 Å². The van der Waals surface area contributed by atoms with Crippen molar-refractivity contribution in [3.05, 3.63) is 11.7 Å². The van der Waals surface area contributed by atoms with Crippen molar-refractivity contribution in [1.82, 2.24) is 15.0 Å². The molecule has 15 heavy (non-hydrogen) atoms. The minimum absolute atomic E-state index is 0.535. The van der Waals surface area contributed by atoms with Crippen LogP contribution in [0.15, 0.2) is 4.52 Å². The fourth-order valence-corrected chi connectivity index (χ4v) is 1.90. The van der Waals surface area contributed by atoms with E-state index < -0.39 is 5.60 Å². The molecule has 0 aromatic carbocycles. The summed E-state index contributed by atoms with van der Waals surface area (Å²) in [5.74, 6) is 1.42. The van der Waals surface area contributed by atoms with Crippen LogP contribution in [0.3, 0.4) is 0 Å². The highest BCUT2D eigenvalue weighted by molar-refractivity contribution is 4.94. The lowest BCUT2D eigenvalue weighted by Gasteiger charge is -2.43. The highest BCUT2D eigenvalue weighted by Gasteiger charge is 2.36. The molecule has 1 aromatic rings. The zero-order valence-corrected chi connectivity index (χ0v) is 9.23. The number of aromatic nitrogens is 2. The molecular formula is C10H17N3O2. The van der Waals surface area contributed by atoms with Gasteiger partial charge in [-0.05, 0) is 13.3 Å². The maximum atomic E-state index is 9.54. The standard InChI is InChI=1S/C10H17N3O2/c1-3-4-8-11-9(15-12-8)5-13-6-10(2,14)7-13/h14H,3-7H2,1-2H3. The predicted molar refractivity (Wildman–Crippen MR) is 54.2 cm³/mol. The van der Waals surface area contributed by atoms with Crippen LogP contribution in [0.2, 0.25) is 0 Å². The Morgan fingerprint density at radius 1 is 1.53 bits per heavy atom. The van der Waals surface area contributed by atoms with Crippen LogP contribution >= 0.6 is 0 Å². The number of nitrogens with zero attached hydrogens (tertiary/aromatic N) is 3. The van der Waals surface area contributed by atoms with Gasteiger partial charge in [0.1, 0.15) is 0 Å². The SMILES string of the molecule is CCCc1noc(CN2CC(C)(O)C2)n1. The smallest absolute Gasteiger partial charge is 0.240 e. The average Bonchev–Trinajstić information content (AvgIpc) is 2.50. The molecule has 0 bridgehead atoms. The summed E-state index contributed by atoms with van der Waals surface area (Å²) in [4.78, 5) is 6.36. The quantitative estimate of drug-likeness (QED) is 0.789. The fraction of sp³-hybridized carbons (Fsp3) is 0.800. The number of hydrogen-bond donors (Lipinski definition) is 1. The molecule has 0 radical (unpaired) electrons. The van der Waals surface area contributed by atoms with Gasteiger partial charge in [0.15, 0.2) is 5.82 Å². The van der Waals surface area contributed by atoms with Crippen LogP contribution in [-0.4, -0.2) is 38.8 Å². The second-order valence-electron chi connectivity index (χ2n) is 4.50. The van der Waals surface area contributed by atoms with Crippen molar-refractivity contribution in [2.24, 2.45) is 0 Å². The van der Waals surface area contributed by atoms with E-state index in [-0.39, 0.29) is 0 Å². The molecule has 0 amide bonds. The molecular weight excluding hydrogens is 194 g/mol. The number of aryl methyl sites for hydroxylation is 1. The van der Waals surface area contributed by atoms with Gasteiger partial charge in [0.25, 0.3) is 0 Å². The lowest BCUT2D eigenvalue weighted by Crippen LogP contribution is -2.59. The number of aliphatic hydroxyl groups is 1. The molecule has 1 aliphatic rings. The molecule has 1 fully saturated rings. The molecule has 1 saturated heterocycles. The van der Waals surface area contributed by atoms with E-state index in [1.165, 1.54) is 0 Å². The number of β-amino-alcohol motifs (C(OH)–C–C–N with tert-alkyl or cyclic N) is 1. The van der Waals surface area contributed by atoms with E-state index in [9.17, 15) is 5.11 Å². The molecule has 84 valence electrons. The molecule has 1 aliphatic heterocycles. The topological polar surface area (TPSA) is 62.4 Å². The maximum absolute atomic E-state index is 9.54. The summed E-state index contributed by atoms with van der Waals surface area (Å²) < 4.78 is 5.11. The Hall–Kier alpha value is -0.940. The number of hydrogen-bond acceptors (Lipinski definition) is 5. The molecule has 0 unspecified atom stereocenters. The molecule has 0 saturated carbocycles. The molecule has 1 N–H and O–H groups in total. The van der Waals surface area contributed by atoms with Crippen molar-refractivity contribution in [2.75, 3.05) is 13.1 Å². The Balaban J connectivity index is 1.84. The molecule has 2 rings (SSSR count). The average molecular weight is 211 g/mol. The fourth-order valence-electron chi connectivity index (χ4n) is 1.90. The minimum atomic E-state index is -0.535. The molecule has 1 aromatic heterocycles. The highest BCUT2D eigenvalue weighted by Crippen LogP contribution is 2.21. The summed E-state index contributed by atoms with van der Waals surface area (Å²) in [5, 5.41) is 13.4. The normalized spacial score (nSPS) is 20.2. The molecule has 0 atom stereocenters. The van der Waals surface area contributed by atoms with Crippen molar-refractivity contribution >= 4 is 0 Å². The second-order valence-corrected chi connectivity index (χ2v) is 4.50. The Morgan fingerprint density at radius 3 is 2.87 bits per heavy atom. The first kappa shape index (κ1) is 10.6. The van der Waals surface area contributed by atoms with E-state index in [2.05, 4.69) is 22.0 Å². The highest BCUT2D eigenvalue weighted by atomic mass is 16.5. The van der Waals surface area contributed by atoms with Crippen LogP contribution in [0, 0.1) is 0 Å². The van der Waals surface area contributed by atoms with Crippen LogP contribution in [0.25, 0.3) is 0 Å². The van der Waals surface area contributed by atoms with Crippen LogP contribution in [0.1, 0.15) is 32.0 Å². The summed E-state index contributed by atoms with van der Waals surface area (Å²) in [6.07, 6.45) is 1.89. The molecule has 5 nitrogen and oxygen atoms in total. The summed E-state index contributed by atoms with van der Waals surface area (Å²) in [7, 11) is 0. The lowest BCUT2D eigenvalue weighted by atomic mass is 9.97. The van der Waals surface area contributed by atoms with E-state index in [0.717, 1.165) is 18.7 Å². The third-order valence-electron chi connectivity index (χ3n) is 2.47. The summed E-state index contributed by atoms with van der Waals surface area (Å²) in [6.45, 7) is 5.92. The van der Waals surface area contributed by atoms with Crippen LogP contribution < -0.4 is 0 Å². The Morgan fingerprint density at radius 2 is 2.27 bits per heavy atom. The molecule has 0 aliphatic carbocycles. The molecule has 0 spiro atoms. The summed E-state index contributed by atoms with van der Waals surface area (Å²) in [5.41, 5.74) is -0.535. The minimum Gasteiger partial charge on any atom is -0.388 e. The van der Waals surface area contributed by atoms with Crippen LogP contribution in [-0.2, 0) is 13.0 Å².